The van der Waals surface area contributed by atoms with Gasteiger partial charge < -0.3 is 4.98 Å². The molecular formula is C19H29NSi. The van der Waals surface area contributed by atoms with E-state index >= 15 is 0 Å². The number of hydrogen-bond donors (Lipinski definition) is 1. The van der Waals surface area contributed by atoms with Gasteiger partial charge in [-0.3, -0.25) is 0 Å². The van der Waals surface area contributed by atoms with Gasteiger partial charge in [-0.15, -0.1) is 0 Å². The summed E-state index contributed by atoms with van der Waals surface area (Å²) in [5, 5.41) is 1.59. The lowest BCUT2D eigenvalue weighted by atomic mass is 10.1. The predicted octanol–water partition coefficient (Wildman–Crippen LogP) is 4.52. The van der Waals surface area contributed by atoms with E-state index in [0.29, 0.717) is 0 Å². The predicted molar refractivity (Wildman–Crippen MR) is 96.5 cm³/mol. The molecule has 0 radical (unpaired) electrons. The second-order valence-corrected chi connectivity index (χ2v) is 11.9. The number of hydrogen-bond acceptors (Lipinski definition) is 1. The Kier molecular flexibility index (Phi) is 4.07. The molecule has 0 bridgehead atoms. The van der Waals surface area contributed by atoms with Crippen LogP contribution in [0.25, 0.3) is 0 Å². The Balaban J connectivity index is 2.61. The highest BCUT2D eigenvalue weighted by atomic mass is 28.3. The fourth-order valence-electron chi connectivity index (χ4n) is 3.66. The van der Waals surface area contributed by atoms with E-state index in [1.54, 1.807) is 0 Å². The van der Waals surface area contributed by atoms with Crippen molar-refractivity contribution in [2.75, 3.05) is 0 Å². The average molecular weight is 300 g/mol. The molecule has 21 heavy (non-hydrogen) atoms. The van der Waals surface area contributed by atoms with Gasteiger partial charge in [0.05, 0.1) is 0 Å². The zero-order valence-corrected chi connectivity index (χ0v) is 15.5. The minimum atomic E-state index is -1.95. The first-order chi connectivity index (χ1) is 9.58. The lowest BCUT2D eigenvalue weighted by Crippen LogP contribution is -2.69. The summed E-state index contributed by atoms with van der Waals surface area (Å²) >= 11 is 0. The van der Waals surface area contributed by atoms with Crippen molar-refractivity contribution >= 4 is 13.4 Å². The highest BCUT2D eigenvalue weighted by Crippen LogP contribution is 2.49. The maximum atomic E-state index is 4.04. The van der Waals surface area contributed by atoms with Crippen LogP contribution in [0.5, 0.6) is 0 Å². The van der Waals surface area contributed by atoms with Crippen LogP contribution in [0.2, 0.25) is 11.6 Å². The van der Waals surface area contributed by atoms with E-state index in [-0.39, 0.29) is 10.6 Å². The van der Waals surface area contributed by atoms with E-state index < -0.39 is 8.24 Å². The van der Waals surface area contributed by atoms with Gasteiger partial charge in [0.1, 0.15) is 0 Å². The molecule has 0 spiro atoms. The van der Waals surface area contributed by atoms with Crippen molar-refractivity contribution in [2.24, 2.45) is 0 Å². The molecule has 2 rings (SSSR count). The standard InChI is InChI=1S/C19H29NSi/c1-15-13-16(2)19(6,14-15)21(7,20-18(3,4)5)17-11-9-8-10-12-17/h8-14,20H,1-7H3. The quantitative estimate of drug-likeness (QED) is 0.809. The molecule has 1 N–H and O–H groups in total. The highest BCUT2D eigenvalue weighted by molar-refractivity contribution is 6.92. The van der Waals surface area contributed by atoms with Crippen molar-refractivity contribution in [2.45, 2.75) is 58.7 Å². The van der Waals surface area contributed by atoms with Crippen molar-refractivity contribution < 1.29 is 0 Å². The Morgan fingerprint density at radius 3 is 2.05 bits per heavy atom. The molecule has 0 saturated heterocycles. The van der Waals surface area contributed by atoms with E-state index in [1.165, 1.54) is 16.3 Å². The summed E-state index contributed by atoms with van der Waals surface area (Å²) in [6.45, 7) is 16.2. The smallest absolute Gasteiger partial charge is 0.168 e. The average Bonchev–Trinajstić information content (AvgIpc) is 2.63. The van der Waals surface area contributed by atoms with E-state index in [4.69, 9.17) is 0 Å². The first kappa shape index (κ1) is 16.3. The molecule has 1 aromatic carbocycles. The van der Waals surface area contributed by atoms with Crippen LogP contribution < -0.4 is 10.2 Å². The first-order valence-electron chi connectivity index (χ1n) is 7.82. The van der Waals surface area contributed by atoms with Gasteiger partial charge in [-0.05, 0) is 39.8 Å². The SMILES string of the molecule is CC1=CC(C)([Si](C)(NC(C)(C)C)c2ccccc2)C(C)=C1. The molecule has 1 nitrogen and oxygen atoms in total. The van der Waals surface area contributed by atoms with Gasteiger partial charge in [-0.2, -0.15) is 0 Å². The third kappa shape index (κ3) is 2.92. The molecular weight excluding hydrogens is 270 g/mol. The molecule has 1 aromatic rings. The van der Waals surface area contributed by atoms with Crippen LogP contribution in [-0.2, 0) is 0 Å². The Morgan fingerprint density at radius 2 is 1.62 bits per heavy atom. The molecule has 2 unspecified atom stereocenters. The van der Waals surface area contributed by atoms with Crippen molar-refractivity contribution in [1.29, 1.82) is 0 Å². The molecule has 0 fully saturated rings. The van der Waals surface area contributed by atoms with E-state index in [1.807, 2.05) is 0 Å². The van der Waals surface area contributed by atoms with Gasteiger partial charge >= 0.3 is 0 Å². The van der Waals surface area contributed by atoms with E-state index in [0.717, 1.165) is 0 Å². The number of allylic oxidation sites excluding steroid dienone is 4. The molecule has 0 aliphatic heterocycles. The molecule has 0 heterocycles. The largest absolute Gasteiger partial charge is 0.328 e. The van der Waals surface area contributed by atoms with Crippen molar-refractivity contribution in [3.05, 3.63) is 53.6 Å². The van der Waals surface area contributed by atoms with E-state index in [2.05, 4.69) is 95.6 Å². The summed E-state index contributed by atoms with van der Waals surface area (Å²) in [6.07, 6.45) is 4.82. The molecule has 1 aliphatic rings. The van der Waals surface area contributed by atoms with Gasteiger partial charge in [0.2, 0.25) is 0 Å². The lowest BCUT2D eigenvalue weighted by Gasteiger charge is -2.47. The van der Waals surface area contributed by atoms with Crippen molar-refractivity contribution in [3.8, 4) is 0 Å². The summed E-state index contributed by atoms with van der Waals surface area (Å²) in [6, 6.07) is 11.0. The van der Waals surface area contributed by atoms with Gasteiger partial charge in [0.15, 0.2) is 8.24 Å². The van der Waals surface area contributed by atoms with Crippen LogP contribution in [0, 0.1) is 0 Å². The van der Waals surface area contributed by atoms with Crippen LogP contribution in [0.3, 0.4) is 0 Å². The van der Waals surface area contributed by atoms with Gasteiger partial charge in [-0.25, -0.2) is 0 Å². The number of benzene rings is 1. The first-order valence-corrected chi connectivity index (χ1v) is 10.3. The Bertz CT molecular complexity index is 579. The Labute approximate surface area is 131 Å². The second-order valence-electron chi connectivity index (χ2n) is 7.78. The maximum absolute atomic E-state index is 4.04. The summed E-state index contributed by atoms with van der Waals surface area (Å²) in [5.74, 6) is 0. The Morgan fingerprint density at radius 1 is 1.05 bits per heavy atom. The Hall–Kier alpha value is -1.12. The minimum absolute atomic E-state index is 0.102. The monoisotopic (exact) mass is 299 g/mol. The molecule has 114 valence electrons. The molecule has 1 aliphatic carbocycles. The maximum Gasteiger partial charge on any atom is 0.168 e. The zero-order chi connectivity index (χ0) is 15.9. The van der Waals surface area contributed by atoms with Gasteiger partial charge in [-0.1, -0.05) is 67.1 Å². The van der Waals surface area contributed by atoms with E-state index in [9.17, 15) is 0 Å². The van der Waals surface area contributed by atoms with Crippen LogP contribution in [0.15, 0.2) is 53.6 Å². The second kappa shape index (κ2) is 5.26. The van der Waals surface area contributed by atoms with Crippen molar-refractivity contribution in [3.63, 3.8) is 0 Å². The molecule has 0 aromatic heterocycles. The third-order valence-electron chi connectivity index (χ3n) is 4.79. The molecule has 2 atom stereocenters. The number of nitrogens with one attached hydrogen (secondary N) is 1. The normalized spacial score (nSPS) is 25.3. The van der Waals surface area contributed by atoms with Crippen LogP contribution in [-0.4, -0.2) is 13.8 Å². The van der Waals surface area contributed by atoms with Crippen LogP contribution >= 0.6 is 0 Å². The molecule has 2 heteroatoms. The highest BCUT2D eigenvalue weighted by Gasteiger charge is 2.50. The summed E-state index contributed by atoms with van der Waals surface area (Å²) in [5.41, 5.74) is 2.97. The fourth-order valence-corrected chi connectivity index (χ4v) is 8.40. The zero-order valence-electron chi connectivity index (χ0n) is 14.5. The minimum Gasteiger partial charge on any atom is -0.328 e. The summed E-state index contributed by atoms with van der Waals surface area (Å²) < 4.78 is 0. The topological polar surface area (TPSA) is 12.0 Å². The van der Waals surface area contributed by atoms with Crippen LogP contribution in [0.1, 0.15) is 41.5 Å². The molecule has 0 saturated carbocycles. The summed E-state index contributed by atoms with van der Waals surface area (Å²) in [4.78, 5) is 4.04. The fraction of sp³-hybridized carbons (Fsp3) is 0.474. The van der Waals surface area contributed by atoms with Crippen molar-refractivity contribution in [1.82, 2.24) is 4.98 Å². The van der Waals surface area contributed by atoms with Gasteiger partial charge in [0, 0.05) is 10.6 Å². The van der Waals surface area contributed by atoms with Gasteiger partial charge in [0.25, 0.3) is 0 Å². The molecule has 0 amide bonds. The third-order valence-corrected chi connectivity index (χ3v) is 10.1. The van der Waals surface area contributed by atoms with Crippen LogP contribution in [0.4, 0.5) is 0 Å². The summed E-state index contributed by atoms with van der Waals surface area (Å²) in [7, 11) is -1.95. The number of rotatable bonds is 3. The lowest BCUT2D eigenvalue weighted by molar-refractivity contribution is 0.505.